The lowest BCUT2D eigenvalue weighted by Gasteiger charge is -2.44. The standard InChI is InChI=1S/C27H32N4O3/c1-27(26(33)28-21-13-6-3-7-14-21)19-31-23(18-22(29-31)24-15-9-17-34-24)25(32)30(27)16-8-12-20-10-4-2-5-11-20/h2,4-5,9-11,15,17-18,21H,3,6-8,12-14,16,19H2,1H3,(H,28,33). The highest BCUT2D eigenvalue weighted by Gasteiger charge is 2.48. The molecule has 3 heterocycles. The van der Waals surface area contributed by atoms with Crippen LogP contribution >= 0.6 is 0 Å². The van der Waals surface area contributed by atoms with E-state index in [1.54, 1.807) is 28.0 Å². The number of aromatic nitrogens is 2. The molecule has 1 aromatic carbocycles. The van der Waals surface area contributed by atoms with Gasteiger partial charge in [0, 0.05) is 18.7 Å². The van der Waals surface area contributed by atoms with Gasteiger partial charge in [-0.15, -0.1) is 0 Å². The van der Waals surface area contributed by atoms with Crippen LogP contribution in [0.4, 0.5) is 0 Å². The summed E-state index contributed by atoms with van der Waals surface area (Å²) < 4.78 is 7.17. The summed E-state index contributed by atoms with van der Waals surface area (Å²) in [6.45, 7) is 2.70. The third-order valence-corrected chi connectivity index (χ3v) is 7.19. The molecule has 1 unspecified atom stereocenters. The third kappa shape index (κ3) is 4.39. The molecule has 2 aliphatic rings. The predicted octanol–water partition coefficient (Wildman–Crippen LogP) is 4.44. The van der Waals surface area contributed by atoms with Crippen LogP contribution in [-0.2, 0) is 17.8 Å². The molecule has 0 spiro atoms. The fraction of sp³-hybridized carbons (Fsp3) is 0.444. The molecule has 5 rings (SSSR count). The van der Waals surface area contributed by atoms with Crippen molar-refractivity contribution in [3.05, 3.63) is 66.1 Å². The molecule has 1 fully saturated rings. The fourth-order valence-electron chi connectivity index (χ4n) is 5.21. The summed E-state index contributed by atoms with van der Waals surface area (Å²) in [6.07, 6.45) is 8.71. The molecule has 7 heteroatoms. The van der Waals surface area contributed by atoms with Crippen molar-refractivity contribution in [2.75, 3.05) is 6.54 Å². The highest BCUT2D eigenvalue weighted by atomic mass is 16.3. The molecule has 2 aromatic heterocycles. The van der Waals surface area contributed by atoms with E-state index in [0.717, 1.165) is 38.5 Å². The first kappa shape index (κ1) is 22.4. The lowest BCUT2D eigenvalue weighted by molar-refractivity contribution is -0.134. The number of furan rings is 1. The average Bonchev–Trinajstić information content (AvgIpc) is 3.53. The number of fused-ring (bicyclic) bond motifs is 1. The van der Waals surface area contributed by atoms with Gasteiger partial charge >= 0.3 is 0 Å². The lowest BCUT2D eigenvalue weighted by atomic mass is 9.91. The Morgan fingerprint density at radius 2 is 1.94 bits per heavy atom. The number of amides is 2. The van der Waals surface area contributed by atoms with Crippen molar-refractivity contribution in [3.8, 4) is 11.5 Å². The first-order valence-electron chi connectivity index (χ1n) is 12.3. The Balaban J connectivity index is 1.41. The van der Waals surface area contributed by atoms with Crippen LogP contribution in [0, 0.1) is 0 Å². The van der Waals surface area contributed by atoms with Gasteiger partial charge in [0.15, 0.2) is 5.76 Å². The first-order valence-corrected chi connectivity index (χ1v) is 12.3. The molecule has 2 amide bonds. The van der Waals surface area contributed by atoms with Gasteiger partial charge in [0.05, 0.1) is 12.8 Å². The zero-order chi connectivity index (χ0) is 23.5. The van der Waals surface area contributed by atoms with Crippen LogP contribution in [0.15, 0.2) is 59.2 Å². The molecule has 1 N–H and O–H groups in total. The number of benzene rings is 1. The van der Waals surface area contributed by atoms with Crippen molar-refractivity contribution in [1.29, 1.82) is 0 Å². The van der Waals surface area contributed by atoms with E-state index in [0.29, 0.717) is 30.2 Å². The Bertz CT molecular complexity index is 1130. The summed E-state index contributed by atoms with van der Waals surface area (Å²) in [5, 5.41) is 7.89. The van der Waals surface area contributed by atoms with Gasteiger partial charge in [-0.3, -0.25) is 14.3 Å². The third-order valence-electron chi connectivity index (χ3n) is 7.19. The van der Waals surface area contributed by atoms with Crippen LogP contribution in [0.3, 0.4) is 0 Å². The topological polar surface area (TPSA) is 80.4 Å². The van der Waals surface area contributed by atoms with E-state index in [4.69, 9.17) is 4.42 Å². The highest BCUT2D eigenvalue weighted by Crippen LogP contribution is 2.31. The van der Waals surface area contributed by atoms with Gasteiger partial charge in [-0.25, -0.2) is 0 Å². The normalized spacial score (nSPS) is 20.9. The fourth-order valence-corrected chi connectivity index (χ4v) is 5.21. The van der Waals surface area contributed by atoms with Crippen LogP contribution in [0.1, 0.15) is 61.5 Å². The van der Waals surface area contributed by atoms with E-state index in [1.807, 2.05) is 31.2 Å². The second-order valence-electron chi connectivity index (χ2n) is 9.68. The van der Waals surface area contributed by atoms with Crippen molar-refractivity contribution in [2.45, 2.75) is 70.0 Å². The summed E-state index contributed by atoms with van der Waals surface area (Å²) in [7, 11) is 0. The summed E-state index contributed by atoms with van der Waals surface area (Å²) >= 11 is 0. The zero-order valence-corrected chi connectivity index (χ0v) is 19.7. The maximum Gasteiger partial charge on any atom is 0.273 e. The van der Waals surface area contributed by atoms with Crippen LogP contribution in [0.25, 0.3) is 11.5 Å². The second-order valence-corrected chi connectivity index (χ2v) is 9.68. The zero-order valence-electron chi connectivity index (χ0n) is 19.7. The van der Waals surface area contributed by atoms with Gasteiger partial charge in [0.2, 0.25) is 5.91 Å². The largest absolute Gasteiger partial charge is 0.463 e. The van der Waals surface area contributed by atoms with Gasteiger partial charge in [0.25, 0.3) is 5.91 Å². The molecule has 0 bridgehead atoms. The summed E-state index contributed by atoms with van der Waals surface area (Å²) in [4.78, 5) is 29.1. The van der Waals surface area contributed by atoms with E-state index >= 15 is 0 Å². The van der Waals surface area contributed by atoms with E-state index in [9.17, 15) is 9.59 Å². The minimum atomic E-state index is -1.01. The van der Waals surface area contributed by atoms with E-state index in [-0.39, 0.29) is 17.9 Å². The monoisotopic (exact) mass is 460 g/mol. The Hall–Kier alpha value is -3.35. The number of hydrogen-bond acceptors (Lipinski definition) is 4. The first-order chi connectivity index (χ1) is 16.5. The number of rotatable bonds is 7. The number of carbonyl (C=O) groups is 2. The van der Waals surface area contributed by atoms with Crippen LogP contribution < -0.4 is 5.32 Å². The molecule has 178 valence electrons. The van der Waals surface area contributed by atoms with Gasteiger partial charge in [0.1, 0.15) is 16.9 Å². The number of hydrogen-bond donors (Lipinski definition) is 1. The average molecular weight is 461 g/mol. The molecule has 34 heavy (non-hydrogen) atoms. The SMILES string of the molecule is CC1(C(=O)NC2CCCCC2)Cn2nc(-c3ccco3)cc2C(=O)N1CCCc1ccccc1. The van der Waals surface area contributed by atoms with Crippen LogP contribution in [0.2, 0.25) is 0 Å². The molecule has 1 aliphatic carbocycles. The van der Waals surface area contributed by atoms with Crippen molar-refractivity contribution in [1.82, 2.24) is 20.0 Å². The molecule has 7 nitrogen and oxygen atoms in total. The smallest absolute Gasteiger partial charge is 0.273 e. The molecule has 1 aliphatic heterocycles. The Labute approximate surface area is 200 Å². The Morgan fingerprint density at radius 3 is 2.68 bits per heavy atom. The van der Waals surface area contributed by atoms with Crippen molar-refractivity contribution >= 4 is 11.8 Å². The van der Waals surface area contributed by atoms with E-state index in [1.165, 1.54) is 12.0 Å². The Morgan fingerprint density at radius 1 is 1.15 bits per heavy atom. The van der Waals surface area contributed by atoms with Crippen LogP contribution in [0.5, 0.6) is 0 Å². The predicted molar refractivity (Wildman–Crippen MR) is 129 cm³/mol. The lowest BCUT2D eigenvalue weighted by Crippen LogP contribution is -2.65. The molecule has 1 atom stereocenters. The Kier molecular flexibility index (Phi) is 6.26. The molecule has 0 saturated heterocycles. The van der Waals surface area contributed by atoms with Crippen molar-refractivity contribution < 1.29 is 14.0 Å². The maximum atomic E-state index is 13.7. The maximum absolute atomic E-state index is 13.7. The summed E-state index contributed by atoms with van der Waals surface area (Å²) in [5.74, 6) is 0.359. The van der Waals surface area contributed by atoms with Gasteiger partial charge in [-0.1, -0.05) is 49.6 Å². The molecular weight excluding hydrogens is 428 g/mol. The molecule has 1 saturated carbocycles. The molecule has 3 aromatic rings. The molecular formula is C27H32N4O3. The van der Waals surface area contributed by atoms with Crippen molar-refractivity contribution in [3.63, 3.8) is 0 Å². The summed E-state index contributed by atoms with van der Waals surface area (Å²) in [5.41, 5.74) is 1.32. The van der Waals surface area contributed by atoms with Gasteiger partial charge in [-0.2, -0.15) is 5.10 Å². The van der Waals surface area contributed by atoms with E-state index < -0.39 is 5.54 Å². The number of aryl methyl sites for hydroxylation is 1. The molecule has 0 radical (unpaired) electrons. The van der Waals surface area contributed by atoms with Gasteiger partial charge in [-0.05, 0) is 50.3 Å². The minimum absolute atomic E-state index is 0.0897. The minimum Gasteiger partial charge on any atom is -0.463 e. The van der Waals surface area contributed by atoms with E-state index in [2.05, 4.69) is 22.5 Å². The highest BCUT2D eigenvalue weighted by molar-refractivity contribution is 6.00. The number of nitrogens with one attached hydrogen (secondary N) is 1. The summed E-state index contributed by atoms with van der Waals surface area (Å²) in [6, 6.07) is 15.8. The number of nitrogens with zero attached hydrogens (tertiary/aromatic N) is 3. The van der Waals surface area contributed by atoms with Crippen LogP contribution in [-0.4, -0.2) is 44.6 Å². The number of carbonyl (C=O) groups excluding carboxylic acids is 2. The van der Waals surface area contributed by atoms with Crippen molar-refractivity contribution in [2.24, 2.45) is 0 Å². The second kappa shape index (κ2) is 9.49. The van der Waals surface area contributed by atoms with Gasteiger partial charge < -0.3 is 14.6 Å². The quantitative estimate of drug-likeness (QED) is 0.565.